The molecule has 0 saturated carbocycles. The van der Waals surface area contributed by atoms with E-state index >= 15 is 0 Å². The van der Waals surface area contributed by atoms with Crippen LogP contribution in [0.4, 0.5) is 0 Å². The zero-order valence-corrected chi connectivity index (χ0v) is 11.3. The Balaban J connectivity index is 0.00000180. The summed E-state index contributed by atoms with van der Waals surface area (Å²) in [6.07, 6.45) is 3.11. The van der Waals surface area contributed by atoms with E-state index in [0.717, 1.165) is 11.3 Å². The van der Waals surface area contributed by atoms with Crippen molar-refractivity contribution in [1.29, 1.82) is 0 Å². The smallest absolute Gasteiger partial charge is 0.236 e. The Bertz CT molecular complexity index is 509. The highest BCUT2D eigenvalue weighted by Gasteiger charge is 2.06. The molecule has 1 amide bonds. The zero-order valence-electron chi connectivity index (χ0n) is 10.5. The van der Waals surface area contributed by atoms with Crippen LogP contribution in [-0.2, 0) is 11.3 Å². The van der Waals surface area contributed by atoms with Crippen LogP contribution in [-0.4, -0.2) is 26.7 Å². The highest BCUT2D eigenvalue weighted by atomic mass is 35.5. The molecule has 0 aliphatic carbocycles. The summed E-state index contributed by atoms with van der Waals surface area (Å²) in [5, 5.41) is 6.79. The van der Waals surface area contributed by atoms with E-state index in [4.69, 9.17) is 5.73 Å². The molecule has 1 heterocycles. The molecule has 7 heteroatoms. The maximum absolute atomic E-state index is 11.3. The third-order valence-corrected chi connectivity index (χ3v) is 2.50. The number of amides is 1. The maximum Gasteiger partial charge on any atom is 0.236 e. The van der Waals surface area contributed by atoms with Crippen molar-refractivity contribution in [1.82, 2.24) is 20.1 Å². The van der Waals surface area contributed by atoms with Gasteiger partial charge in [-0.15, -0.1) is 12.4 Å². The molecule has 6 nitrogen and oxygen atoms in total. The molecule has 102 valence electrons. The lowest BCUT2D eigenvalue weighted by molar-refractivity contribution is -0.122. The van der Waals surface area contributed by atoms with Gasteiger partial charge in [0.05, 0.1) is 11.7 Å². The van der Waals surface area contributed by atoms with E-state index in [1.807, 2.05) is 24.3 Å². The first-order valence-electron chi connectivity index (χ1n) is 5.64. The predicted molar refractivity (Wildman–Crippen MR) is 74.1 cm³/mol. The lowest BCUT2D eigenvalue weighted by atomic mass is 10.2. The molecule has 0 aliphatic rings. The Hall–Kier alpha value is -1.92. The van der Waals surface area contributed by atoms with Gasteiger partial charge in [0.1, 0.15) is 12.7 Å². The first-order chi connectivity index (χ1) is 8.66. The third-order valence-electron chi connectivity index (χ3n) is 2.50. The van der Waals surface area contributed by atoms with Gasteiger partial charge in [-0.2, -0.15) is 5.10 Å². The molecule has 0 bridgehead atoms. The summed E-state index contributed by atoms with van der Waals surface area (Å²) in [6, 6.07) is 7.21. The van der Waals surface area contributed by atoms with E-state index in [1.165, 1.54) is 6.33 Å². The van der Waals surface area contributed by atoms with Crippen LogP contribution in [0.5, 0.6) is 0 Å². The fourth-order valence-corrected chi connectivity index (χ4v) is 1.46. The van der Waals surface area contributed by atoms with Crippen molar-refractivity contribution in [3.05, 3.63) is 42.5 Å². The number of nitrogens with two attached hydrogens (primary N) is 1. The van der Waals surface area contributed by atoms with Gasteiger partial charge in [-0.1, -0.05) is 12.1 Å². The Morgan fingerprint density at radius 2 is 2.11 bits per heavy atom. The largest absolute Gasteiger partial charge is 0.351 e. The van der Waals surface area contributed by atoms with E-state index in [-0.39, 0.29) is 18.3 Å². The molecule has 0 spiro atoms. The molecular formula is C12H16ClN5O. The van der Waals surface area contributed by atoms with E-state index in [9.17, 15) is 4.79 Å². The number of carbonyl (C=O) groups is 1. The molecular weight excluding hydrogens is 266 g/mol. The Kier molecular flexibility index (Phi) is 5.47. The highest BCUT2D eigenvalue weighted by molar-refractivity contribution is 5.85. The SMILES string of the molecule is C[C@@H](N)C(=O)NCc1ccc(-n2cncn2)cc1.Cl. The predicted octanol–water partition coefficient (Wildman–Crippen LogP) is 0.653. The minimum absolute atomic E-state index is 0. The summed E-state index contributed by atoms with van der Waals surface area (Å²) in [4.78, 5) is 15.2. The van der Waals surface area contributed by atoms with Crippen LogP contribution >= 0.6 is 12.4 Å². The average molecular weight is 282 g/mol. The fraction of sp³-hybridized carbons (Fsp3) is 0.250. The van der Waals surface area contributed by atoms with Crippen LogP contribution in [0.2, 0.25) is 0 Å². The van der Waals surface area contributed by atoms with Crippen LogP contribution in [0.3, 0.4) is 0 Å². The molecule has 1 aromatic carbocycles. The second kappa shape index (κ2) is 6.86. The van der Waals surface area contributed by atoms with Gasteiger partial charge >= 0.3 is 0 Å². The van der Waals surface area contributed by atoms with E-state index in [1.54, 1.807) is 17.9 Å². The van der Waals surface area contributed by atoms with Crippen LogP contribution < -0.4 is 11.1 Å². The van der Waals surface area contributed by atoms with E-state index in [2.05, 4.69) is 15.4 Å². The summed E-state index contributed by atoms with van der Waals surface area (Å²) in [7, 11) is 0. The van der Waals surface area contributed by atoms with Crippen LogP contribution in [0.15, 0.2) is 36.9 Å². The van der Waals surface area contributed by atoms with Gasteiger partial charge in [-0.25, -0.2) is 9.67 Å². The van der Waals surface area contributed by atoms with Gasteiger partial charge in [-0.3, -0.25) is 4.79 Å². The van der Waals surface area contributed by atoms with Crippen molar-refractivity contribution in [2.24, 2.45) is 5.73 Å². The van der Waals surface area contributed by atoms with Crippen LogP contribution in [0.1, 0.15) is 12.5 Å². The van der Waals surface area contributed by atoms with Gasteiger partial charge in [0, 0.05) is 6.54 Å². The normalized spacial score (nSPS) is 11.5. The van der Waals surface area contributed by atoms with Gasteiger partial charge in [0.2, 0.25) is 5.91 Å². The number of aromatic nitrogens is 3. The molecule has 1 aromatic heterocycles. The second-order valence-corrected chi connectivity index (χ2v) is 4.01. The lowest BCUT2D eigenvalue weighted by Gasteiger charge is -2.08. The van der Waals surface area contributed by atoms with Crippen molar-refractivity contribution in [2.75, 3.05) is 0 Å². The molecule has 0 aliphatic heterocycles. The molecule has 0 saturated heterocycles. The van der Waals surface area contributed by atoms with Gasteiger partial charge in [0.25, 0.3) is 0 Å². The van der Waals surface area contributed by atoms with Gasteiger partial charge in [-0.05, 0) is 24.6 Å². The number of nitrogens with one attached hydrogen (secondary N) is 1. The molecule has 1 atom stereocenters. The number of halogens is 1. The summed E-state index contributed by atoms with van der Waals surface area (Å²) in [5.74, 6) is -0.157. The molecule has 0 unspecified atom stereocenters. The standard InChI is InChI=1S/C12H15N5O.ClH/c1-9(13)12(18)15-6-10-2-4-11(5-3-10)17-8-14-7-16-17;/h2-5,7-9H,6,13H2,1H3,(H,15,18);1H/t9-;/m1./s1. The van der Waals surface area contributed by atoms with Crippen LogP contribution in [0.25, 0.3) is 5.69 Å². The Morgan fingerprint density at radius 1 is 1.42 bits per heavy atom. The van der Waals surface area contributed by atoms with E-state index < -0.39 is 6.04 Å². The first kappa shape index (κ1) is 15.1. The quantitative estimate of drug-likeness (QED) is 0.862. The summed E-state index contributed by atoms with van der Waals surface area (Å²) < 4.78 is 1.67. The van der Waals surface area contributed by atoms with Crippen molar-refractivity contribution >= 4 is 18.3 Å². The van der Waals surface area contributed by atoms with Crippen molar-refractivity contribution in [3.63, 3.8) is 0 Å². The number of benzene rings is 1. The fourth-order valence-electron chi connectivity index (χ4n) is 1.46. The number of nitrogens with zero attached hydrogens (tertiary/aromatic N) is 3. The summed E-state index contributed by atoms with van der Waals surface area (Å²) in [6.45, 7) is 2.13. The lowest BCUT2D eigenvalue weighted by Crippen LogP contribution is -2.37. The summed E-state index contributed by atoms with van der Waals surface area (Å²) >= 11 is 0. The van der Waals surface area contributed by atoms with Crippen LogP contribution in [0, 0.1) is 0 Å². The Labute approximate surface area is 117 Å². The topological polar surface area (TPSA) is 85.8 Å². The average Bonchev–Trinajstić information content (AvgIpc) is 2.90. The molecule has 0 radical (unpaired) electrons. The first-order valence-corrected chi connectivity index (χ1v) is 5.64. The molecule has 2 aromatic rings. The van der Waals surface area contributed by atoms with Crippen molar-refractivity contribution in [2.45, 2.75) is 19.5 Å². The second-order valence-electron chi connectivity index (χ2n) is 4.01. The zero-order chi connectivity index (χ0) is 13.0. The summed E-state index contributed by atoms with van der Waals surface area (Å²) in [5.41, 5.74) is 7.39. The van der Waals surface area contributed by atoms with E-state index in [0.29, 0.717) is 6.54 Å². The molecule has 0 fully saturated rings. The number of rotatable bonds is 4. The monoisotopic (exact) mass is 281 g/mol. The number of hydrogen-bond donors (Lipinski definition) is 2. The highest BCUT2D eigenvalue weighted by Crippen LogP contribution is 2.07. The maximum atomic E-state index is 11.3. The number of hydrogen-bond acceptors (Lipinski definition) is 4. The third kappa shape index (κ3) is 4.04. The Morgan fingerprint density at radius 3 is 2.63 bits per heavy atom. The minimum atomic E-state index is -0.487. The minimum Gasteiger partial charge on any atom is -0.351 e. The van der Waals surface area contributed by atoms with Crippen molar-refractivity contribution in [3.8, 4) is 5.69 Å². The van der Waals surface area contributed by atoms with Gasteiger partial charge < -0.3 is 11.1 Å². The molecule has 3 N–H and O–H groups in total. The van der Waals surface area contributed by atoms with Crippen molar-refractivity contribution < 1.29 is 4.79 Å². The molecule has 19 heavy (non-hydrogen) atoms. The van der Waals surface area contributed by atoms with Gasteiger partial charge in [0.15, 0.2) is 0 Å². The molecule has 2 rings (SSSR count). The number of carbonyl (C=O) groups excluding carboxylic acids is 1.